The fourth-order valence-corrected chi connectivity index (χ4v) is 4.18. The van der Waals surface area contributed by atoms with Crippen LogP contribution in [-0.2, 0) is 11.4 Å². The van der Waals surface area contributed by atoms with Crippen molar-refractivity contribution in [3.8, 4) is 0 Å². The minimum absolute atomic E-state index is 0.218. The number of carbonyl (C=O) groups excluding carboxylic acids is 1. The third-order valence-electron chi connectivity index (χ3n) is 5.95. The van der Waals surface area contributed by atoms with Crippen molar-refractivity contribution in [1.29, 1.82) is 0 Å². The van der Waals surface area contributed by atoms with Gasteiger partial charge >= 0.3 is 6.03 Å². The van der Waals surface area contributed by atoms with Gasteiger partial charge in [0, 0.05) is 23.9 Å². The second-order valence-corrected chi connectivity index (χ2v) is 8.41. The van der Waals surface area contributed by atoms with Gasteiger partial charge in [-0.25, -0.2) is 13.6 Å². The first kappa shape index (κ1) is 22.5. The monoisotopic (exact) mass is 471 g/mol. The Labute approximate surface area is 201 Å². The number of nitrogens with one attached hydrogen (secondary N) is 1. The summed E-state index contributed by atoms with van der Waals surface area (Å²) in [5, 5.41) is 9.01. The van der Waals surface area contributed by atoms with Crippen LogP contribution < -0.4 is 5.32 Å². The molecule has 0 aliphatic carbocycles. The molecule has 0 spiro atoms. The van der Waals surface area contributed by atoms with Crippen molar-refractivity contribution >= 4 is 28.2 Å². The van der Waals surface area contributed by atoms with Crippen LogP contribution in [0.5, 0.6) is 0 Å². The molecule has 0 bridgehead atoms. The molecule has 7 heteroatoms. The average Bonchev–Trinajstić information content (AvgIpc) is 3.34. The van der Waals surface area contributed by atoms with Crippen molar-refractivity contribution in [2.24, 2.45) is 5.16 Å². The number of carbonyl (C=O) groups is 1. The second-order valence-electron chi connectivity index (χ2n) is 8.41. The second kappa shape index (κ2) is 9.93. The fourth-order valence-electron chi connectivity index (χ4n) is 4.18. The van der Waals surface area contributed by atoms with Crippen molar-refractivity contribution in [2.75, 3.05) is 11.9 Å². The summed E-state index contributed by atoms with van der Waals surface area (Å²) in [6, 6.07) is 25.6. The first-order valence-electron chi connectivity index (χ1n) is 11.3. The van der Waals surface area contributed by atoms with Crippen LogP contribution in [0.4, 0.5) is 19.3 Å². The lowest BCUT2D eigenvalue weighted by atomic mass is 10.0. The zero-order valence-electron chi connectivity index (χ0n) is 18.8. The minimum Gasteiger partial charge on any atom is -0.390 e. The number of anilines is 1. The number of nitrogens with zero attached hydrogens (tertiary/aromatic N) is 2. The van der Waals surface area contributed by atoms with E-state index in [0.29, 0.717) is 23.4 Å². The number of amides is 2. The molecule has 5 nitrogen and oxygen atoms in total. The Bertz CT molecular complexity index is 1380. The summed E-state index contributed by atoms with van der Waals surface area (Å²) in [5.74, 6) is -0.713. The smallest absolute Gasteiger partial charge is 0.322 e. The van der Waals surface area contributed by atoms with Gasteiger partial charge in [-0.3, -0.25) is 0 Å². The van der Waals surface area contributed by atoms with Crippen LogP contribution in [-0.4, -0.2) is 29.3 Å². The number of hydrogen-bond donors (Lipinski definition) is 1. The number of halogens is 2. The summed E-state index contributed by atoms with van der Waals surface area (Å²) in [5.41, 5.74) is 2.35. The van der Waals surface area contributed by atoms with Gasteiger partial charge in [0.05, 0.1) is 17.9 Å². The van der Waals surface area contributed by atoms with Gasteiger partial charge in [0.15, 0.2) is 6.10 Å². The lowest BCUT2D eigenvalue weighted by Gasteiger charge is -2.25. The Morgan fingerprint density at radius 3 is 2.51 bits per heavy atom. The van der Waals surface area contributed by atoms with Gasteiger partial charge in [-0.05, 0) is 35.2 Å². The Balaban J connectivity index is 1.35. The molecule has 0 aromatic heterocycles. The van der Waals surface area contributed by atoms with Crippen LogP contribution in [0, 0.1) is 11.6 Å². The zero-order valence-corrected chi connectivity index (χ0v) is 18.8. The van der Waals surface area contributed by atoms with Gasteiger partial charge in [-0.1, -0.05) is 71.9 Å². The maximum Gasteiger partial charge on any atom is 0.322 e. The number of rotatable bonds is 6. The quantitative estimate of drug-likeness (QED) is 0.357. The van der Waals surface area contributed by atoms with Gasteiger partial charge in [0.1, 0.15) is 11.6 Å². The molecule has 1 N–H and O–H groups in total. The standard InChI is InChI=1S/C28H23F2N3O2/c29-21-14-12-19(13-15-21)17-33(18-22-16-27(32-35-22)24-9-3-4-10-25(24)30)28(34)31-26-11-5-7-20-6-1-2-8-23(20)26/h1-15,22H,16-18H2,(H,31,34)/t22-/m1/s1. The molecule has 0 saturated carbocycles. The number of benzene rings is 4. The molecule has 0 unspecified atom stereocenters. The largest absolute Gasteiger partial charge is 0.390 e. The molecule has 176 valence electrons. The SMILES string of the molecule is O=C(Nc1cccc2ccccc12)N(Cc1ccc(F)cc1)C[C@H]1CC(c2ccccc2F)=NO1. The molecule has 1 aliphatic rings. The lowest BCUT2D eigenvalue weighted by molar-refractivity contribution is 0.0608. The summed E-state index contributed by atoms with van der Waals surface area (Å²) in [7, 11) is 0. The van der Waals surface area contributed by atoms with Crippen LogP contribution in [0.1, 0.15) is 17.5 Å². The van der Waals surface area contributed by atoms with Gasteiger partial charge in [-0.15, -0.1) is 0 Å². The van der Waals surface area contributed by atoms with E-state index in [0.717, 1.165) is 16.3 Å². The molecule has 5 rings (SSSR count). The molecule has 1 aliphatic heterocycles. The fraction of sp³-hybridized carbons (Fsp3) is 0.143. The van der Waals surface area contributed by atoms with Crippen molar-refractivity contribution in [3.63, 3.8) is 0 Å². The Morgan fingerprint density at radius 1 is 0.943 bits per heavy atom. The van der Waals surface area contributed by atoms with E-state index in [1.165, 1.54) is 18.2 Å². The summed E-state index contributed by atoms with van der Waals surface area (Å²) >= 11 is 0. The predicted octanol–water partition coefficient (Wildman–Crippen LogP) is 6.35. The Hall–Kier alpha value is -4.26. The first-order chi connectivity index (χ1) is 17.1. The van der Waals surface area contributed by atoms with E-state index in [1.807, 2.05) is 42.5 Å². The third kappa shape index (κ3) is 5.14. The summed E-state index contributed by atoms with van der Waals surface area (Å²) in [4.78, 5) is 20.6. The number of urea groups is 1. The highest BCUT2D eigenvalue weighted by Crippen LogP contribution is 2.25. The van der Waals surface area contributed by atoms with E-state index in [1.54, 1.807) is 35.2 Å². The van der Waals surface area contributed by atoms with Crippen molar-refractivity contribution in [1.82, 2.24) is 4.90 Å². The molecule has 1 atom stereocenters. The summed E-state index contributed by atoms with van der Waals surface area (Å²) in [6.45, 7) is 0.460. The first-order valence-corrected chi connectivity index (χ1v) is 11.3. The molecule has 0 saturated heterocycles. The van der Waals surface area contributed by atoms with Crippen molar-refractivity contribution in [2.45, 2.75) is 19.1 Å². The van der Waals surface area contributed by atoms with Crippen molar-refractivity contribution in [3.05, 3.63) is 114 Å². The molecule has 4 aromatic carbocycles. The molecular formula is C28H23F2N3O2. The number of fused-ring (bicyclic) bond motifs is 1. The van der Waals surface area contributed by atoms with Gasteiger partial charge in [0.25, 0.3) is 0 Å². The molecule has 0 fully saturated rings. The van der Waals surface area contributed by atoms with E-state index in [-0.39, 0.29) is 30.8 Å². The maximum atomic E-state index is 14.2. The van der Waals surface area contributed by atoms with Crippen LogP contribution in [0.3, 0.4) is 0 Å². The van der Waals surface area contributed by atoms with Gasteiger partial charge in [-0.2, -0.15) is 0 Å². The summed E-state index contributed by atoms with van der Waals surface area (Å²) < 4.78 is 27.6. The minimum atomic E-state index is -0.441. The molecule has 4 aromatic rings. The lowest BCUT2D eigenvalue weighted by Crippen LogP contribution is -2.40. The Kier molecular flexibility index (Phi) is 6.39. The maximum absolute atomic E-state index is 14.2. The van der Waals surface area contributed by atoms with E-state index in [2.05, 4.69) is 10.5 Å². The van der Waals surface area contributed by atoms with E-state index in [9.17, 15) is 13.6 Å². The van der Waals surface area contributed by atoms with E-state index < -0.39 is 6.10 Å². The average molecular weight is 472 g/mol. The van der Waals surface area contributed by atoms with Crippen LogP contribution in [0.15, 0.2) is 96.2 Å². The van der Waals surface area contributed by atoms with Gasteiger partial charge in [0.2, 0.25) is 0 Å². The number of hydrogen-bond acceptors (Lipinski definition) is 3. The van der Waals surface area contributed by atoms with Crippen LogP contribution in [0.25, 0.3) is 10.8 Å². The molecular weight excluding hydrogens is 448 g/mol. The predicted molar refractivity (Wildman–Crippen MR) is 132 cm³/mol. The van der Waals surface area contributed by atoms with Crippen LogP contribution >= 0.6 is 0 Å². The molecule has 1 heterocycles. The molecule has 2 amide bonds. The third-order valence-corrected chi connectivity index (χ3v) is 5.95. The van der Waals surface area contributed by atoms with Crippen LogP contribution in [0.2, 0.25) is 0 Å². The molecule has 35 heavy (non-hydrogen) atoms. The topological polar surface area (TPSA) is 53.9 Å². The summed E-state index contributed by atoms with van der Waals surface area (Å²) in [6.07, 6.45) is -0.0779. The number of oxime groups is 1. The van der Waals surface area contributed by atoms with E-state index >= 15 is 0 Å². The normalized spacial score (nSPS) is 14.9. The highest BCUT2D eigenvalue weighted by Gasteiger charge is 2.28. The van der Waals surface area contributed by atoms with Gasteiger partial charge < -0.3 is 15.1 Å². The molecule has 0 radical (unpaired) electrons. The zero-order chi connectivity index (χ0) is 24.2. The Morgan fingerprint density at radius 2 is 1.69 bits per heavy atom. The van der Waals surface area contributed by atoms with E-state index in [4.69, 9.17) is 4.84 Å². The highest BCUT2D eigenvalue weighted by atomic mass is 19.1. The highest BCUT2D eigenvalue weighted by molar-refractivity contribution is 6.02. The van der Waals surface area contributed by atoms with Crippen molar-refractivity contribution < 1.29 is 18.4 Å².